The number of rotatable bonds is 3. The highest BCUT2D eigenvalue weighted by Crippen LogP contribution is 2.47. The molecule has 0 bridgehead atoms. The molecule has 1 amide bonds. The standard InChI is InChI=1S/C24H36N2O/c1-23(2,3)17-9-7-16(8-10-17)20-15-21(20)22(27)26-25-19-13-11-18(12-14-19)24(4,5)6/h7-10,18,20-21H,11-15H2,1-6H3,(H,26,27). The Balaban J connectivity index is 1.49. The van der Waals surface area contributed by atoms with E-state index in [1.807, 2.05) is 0 Å². The Morgan fingerprint density at radius 1 is 1.00 bits per heavy atom. The van der Waals surface area contributed by atoms with Crippen molar-refractivity contribution in [2.24, 2.45) is 22.4 Å². The fourth-order valence-electron chi connectivity index (χ4n) is 4.23. The van der Waals surface area contributed by atoms with Gasteiger partial charge < -0.3 is 0 Å². The van der Waals surface area contributed by atoms with Gasteiger partial charge in [-0.2, -0.15) is 5.10 Å². The lowest BCUT2D eigenvalue weighted by molar-refractivity contribution is -0.122. The lowest BCUT2D eigenvalue weighted by atomic mass is 9.72. The van der Waals surface area contributed by atoms with Crippen LogP contribution < -0.4 is 5.43 Å². The van der Waals surface area contributed by atoms with E-state index in [9.17, 15) is 4.79 Å². The van der Waals surface area contributed by atoms with Crippen LogP contribution >= 0.6 is 0 Å². The van der Waals surface area contributed by atoms with Gasteiger partial charge in [0.2, 0.25) is 5.91 Å². The minimum Gasteiger partial charge on any atom is -0.273 e. The number of hydrazone groups is 1. The van der Waals surface area contributed by atoms with Gasteiger partial charge in [0, 0.05) is 11.6 Å². The fourth-order valence-corrected chi connectivity index (χ4v) is 4.23. The van der Waals surface area contributed by atoms with Gasteiger partial charge in [0.15, 0.2) is 0 Å². The summed E-state index contributed by atoms with van der Waals surface area (Å²) in [5.41, 5.74) is 7.17. The number of hydrogen-bond acceptors (Lipinski definition) is 2. The summed E-state index contributed by atoms with van der Waals surface area (Å²) in [5.74, 6) is 1.29. The Morgan fingerprint density at radius 3 is 2.11 bits per heavy atom. The quantitative estimate of drug-likeness (QED) is 0.673. The molecule has 148 valence electrons. The first kappa shape index (κ1) is 20.1. The van der Waals surface area contributed by atoms with Crippen molar-refractivity contribution in [3.8, 4) is 0 Å². The zero-order chi connectivity index (χ0) is 19.8. The second-order valence-corrected chi connectivity index (χ2v) is 10.6. The van der Waals surface area contributed by atoms with Crippen LogP contribution in [0.5, 0.6) is 0 Å². The van der Waals surface area contributed by atoms with Gasteiger partial charge in [-0.1, -0.05) is 65.8 Å². The predicted molar refractivity (Wildman–Crippen MR) is 113 cm³/mol. The average molecular weight is 369 g/mol. The van der Waals surface area contributed by atoms with E-state index in [0.717, 1.165) is 30.9 Å². The Hall–Kier alpha value is -1.64. The summed E-state index contributed by atoms with van der Waals surface area (Å²) in [6.45, 7) is 13.6. The molecule has 0 aromatic heterocycles. The Morgan fingerprint density at radius 2 is 1.59 bits per heavy atom. The molecule has 0 heterocycles. The van der Waals surface area contributed by atoms with Crippen molar-refractivity contribution in [2.45, 2.75) is 85.0 Å². The first-order chi connectivity index (χ1) is 12.6. The number of hydrogen-bond donors (Lipinski definition) is 1. The maximum absolute atomic E-state index is 12.5. The molecule has 3 rings (SSSR count). The molecule has 1 aromatic carbocycles. The number of benzene rings is 1. The van der Waals surface area contributed by atoms with Crippen LogP contribution in [0.15, 0.2) is 29.4 Å². The van der Waals surface area contributed by atoms with Crippen LogP contribution in [0, 0.1) is 17.3 Å². The molecule has 27 heavy (non-hydrogen) atoms. The van der Waals surface area contributed by atoms with E-state index in [2.05, 4.69) is 76.3 Å². The lowest BCUT2D eigenvalue weighted by Gasteiger charge is -2.34. The van der Waals surface area contributed by atoms with Crippen LogP contribution in [0.4, 0.5) is 0 Å². The summed E-state index contributed by atoms with van der Waals surface area (Å²) in [6, 6.07) is 8.80. The van der Waals surface area contributed by atoms with Crippen molar-refractivity contribution in [2.75, 3.05) is 0 Å². The minimum atomic E-state index is 0.0840. The van der Waals surface area contributed by atoms with Crippen LogP contribution in [-0.4, -0.2) is 11.6 Å². The first-order valence-corrected chi connectivity index (χ1v) is 10.5. The van der Waals surface area contributed by atoms with Crippen molar-refractivity contribution in [1.82, 2.24) is 5.43 Å². The molecule has 3 heteroatoms. The molecule has 2 saturated carbocycles. The summed E-state index contributed by atoms with van der Waals surface area (Å²) < 4.78 is 0. The smallest absolute Gasteiger partial charge is 0.243 e. The zero-order valence-electron chi connectivity index (χ0n) is 17.9. The monoisotopic (exact) mass is 368 g/mol. The number of nitrogens with one attached hydrogen (secondary N) is 1. The molecular formula is C24H36N2O. The first-order valence-electron chi connectivity index (χ1n) is 10.5. The molecule has 0 radical (unpaired) electrons. The molecule has 0 saturated heterocycles. The molecular weight excluding hydrogens is 332 g/mol. The largest absolute Gasteiger partial charge is 0.273 e. The summed E-state index contributed by atoms with van der Waals surface area (Å²) >= 11 is 0. The van der Waals surface area contributed by atoms with E-state index in [0.29, 0.717) is 11.3 Å². The molecule has 2 atom stereocenters. The molecule has 2 fully saturated rings. The molecule has 2 unspecified atom stereocenters. The predicted octanol–water partition coefficient (Wildman–Crippen LogP) is 5.80. The van der Waals surface area contributed by atoms with Gasteiger partial charge in [-0.05, 0) is 65.9 Å². The van der Waals surface area contributed by atoms with E-state index in [1.54, 1.807) is 0 Å². The summed E-state index contributed by atoms with van der Waals surface area (Å²) in [6.07, 6.45) is 5.35. The molecule has 1 aromatic rings. The van der Waals surface area contributed by atoms with Gasteiger partial charge in [-0.25, -0.2) is 5.43 Å². The Labute approximate surface area is 165 Å². The minimum absolute atomic E-state index is 0.0840. The lowest BCUT2D eigenvalue weighted by Crippen LogP contribution is -2.28. The number of nitrogens with zero attached hydrogens (tertiary/aromatic N) is 1. The third kappa shape index (κ3) is 5.00. The second-order valence-electron chi connectivity index (χ2n) is 10.6. The van der Waals surface area contributed by atoms with Gasteiger partial charge in [0.05, 0.1) is 0 Å². The Bertz CT molecular complexity index is 693. The van der Waals surface area contributed by atoms with Gasteiger partial charge in [-0.3, -0.25) is 4.79 Å². The highest BCUT2D eigenvalue weighted by Gasteiger charge is 2.44. The molecule has 2 aliphatic carbocycles. The van der Waals surface area contributed by atoms with Gasteiger partial charge in [0.1, 0.15) is 0 Å². The number of carbonyl (C=O) groups is 1. The SMILES string of the molecule is CC(C)(C)c1ccc(C2CC2C(=O)NN=C2CCC(C(C)(C)C)CC2)cc1. The van der Waals surface area contributed by atoms with E-state index in [4.69, 9.17) is 0 Å². The normalized spacial score (nSPS) is 25.9. The molecule has 1 N–H and O–H groups in total. The van der Waals surface area contributed by atoms with Crippen molar-refractivity contribution >= 4 is 11.6 Å². The summed E-state index contributed by atoms with van der Waals surface area (Å²) in [7, 11) is 0. The third-order valence-corrected chi connectivity index (χ3v) is 6.44. The Kier molecular flexibility index (Phi) is 5.52. The van der Waals surface area contributed by atoms with E-state index in [1.165, 1.54) is 24.0 Å². The van der Waals surface area contributed by atoms with E-state index in [-0.39, 0.29) is 17.2 Å². The summed E-state index contributed by atoms with van der Waals surface area (Å²) in [5, 5.41) is 4.45. The van der Waals surface area contributed by atoms with Gasteiger partial charge in [-0.15, -0.1) is 0 Å². The molecule has 3 nitrogen and oxygen atoms in total. The number of carbonyl (C=O) groups excluding carboxylic acids is 1. The average Bonchev–Trinajstić information content (AvgIpc) is 3.39. The summed E-state index contributed by atoms with van der Waals surface area (Å²) in [4.78, 5) is 12.5. The molecule has 0 aliphatic heterocycles. The van der Waals surface area contributed by atoms with Crippen molar-refractivity contribution < 1.29 is 4.79 Å². The van der Waals surface area contributed by atoms with Gasteiger partial charge >= 0.3 is 0 Å². The topological polar surface area (TPSA) is 41.5 Å². The van der Waals surface area contributed by atoms with Crippen molar-refractivity contribution in [3.05, 3.63) is 35.4 Å². The van der Waals surface area contributed by atoms with Crippen LogP contribution in [-0.2, 0) is 10.2 Å². The number of amides is 1. The maximum atomic E-state index is 12.5. The van der Waals surface area contributed by atoms with Crippen LogP contribution in [0.25, 0.3) is 0 Å². The fraction of sp³-hybridized carbons (Fsp3) is 0.667. The zero-order valence-corrected chi connectivity index (χ0v) is 17.9. The highest BCUT2D eigenvalue weighted by molar-refractivity contribution is 5.88. The van der Waals surface area contributed by atoms with Crippen LogP contribution in [0.2, 0.25) is 0 Å². The van der Waals surface area contributed by atoms with Gasteiger partial charge in [0.25, 0.3) is 0 Å². The van der Waals surface area contributed by atoms with Crippen molar-refractivity contribution in [1.29, 1.82) is 0 Å². The second kappa shape index (κ2) is 7.41. The third-order valence-electron chi connectivity index (χ3n) is 6.44. The van der Waals surface area contributed by atoms with Crippen LogP contribution in [0.1, 0.15) is 90.7 Å². The molecule has 0 spiro atoms. The van der Waals surface area contributed by atoms with Crippen LogP contribution in [0.3, 0.4) is 0 Å². The van der Waals surface area contributed by atoms with E-state index >= 15 is 0 Å². The highest BCUT2D eigenvalue weighted by atomic mass is 16.2. The van der Waals surface area contributed by atoms with Crippen molar-refractivity contribution in [3.63, 3.8) is 0 Å². The maximum Gasteiger partial charge on any atom is 0.243 e. The molecule has 2 aliphatic rings. The van der Waals surface area contributed by atoms with E-state index < -0.39 is 0 Å².